The highest BCUT2D eigenvalue weighted by Gasteiger charge is 2.18. The van der Waals surface area contributed by atoms with Gasteiger partial charge in [0.05, 0.1) is 16.7 Å². The van der Waals surface area contributed by atoms with Crippen molar-refractivity contribution < 1.29 is 4.79 Å². The number of carbonyl (C=O) groups excluding carboxylic acids is 1. The lowest BCUT2D eigenvalue weighted by Gasteiger charge is -2.11. The molecule has 0 saturated carbocycles. The van der Waals surface area contributed by atoms with E-state index in [-0.39, 0.29) is 17.2 Å². The van der Waals surface area contributed by atoms with E-state index in [1.807, 2.05) is 42.5 Å². The summed E-state index contributed by atoms with van der Waals surface area (Å²) in [5.41, 5.74) is 2.29. The van der Waals surface area contributed by atoms with Crippen molar-refractivity contribution in [2.75, 3.05) is 11.1 Å². The minimum absolute atomic E-state index is 0.139. The van der Waals surface area contributed by atoms with Crippen LogP contribution in [0.25, 0.3) is 16.7 Å². The Morgan fingerprint density at radius 3 is 2.77 bits per heavy atom. The number of rotatable bonds is 6. The van der Waals surface area contributed by atoms with Crippen LogP contribution in [0.2, 0.25) is 5.02 Å². The molecule has 0 aliphatic heterocycles. The van der Waals surface area contributed by atoms with E-state index in [0.29, 0.717) is 33.4 Å². The van der Waals surface area contributed by atoms with E-state index in [9.17, 15) is 9.59 Å². The van der Waals surface area contributed by atoms with Crippen LogP contribution in [0, 0.1) is 6.92 Å². The zero-order chi connectivity index (χ0) is 21.3. The van der Waals surface area contributed by atoms with Crippen LogP contribution in [0.3, 0.4) is 0 Å². The first-order valence-electron chi connectivity index (χ1n) is 9.55. The number of anilines is 1. The second-order valence-electron chi connectivity index (χ2n) is 6.89. The lowest BCUT2D eigenvalue weighted by atomic mass is 10.2. The first-order valence-corrected chi connectivity index (χ1v) is 10.9. The fourth-order valence-electron chi connectivity index (χ4n) is 3.31. The number of aryl methyl sites for hydroxylation is 2. The maximum atomic E-state index is 12.9. The van der Waals surface area contributed by atoms with Crippen molar-refractivity contribution >= 4 is 51.6 Å². The van der Waals surface area contributed by atoms with Gasteiger partial charge in [-0.05, 0) is 43.2 Å². The highest BCUT2D eigenvalue weighted by Crippen LogP contribution is 2.24. The van der Waals surface area contributed by atoms with Crippen LogP contribution in [0.1, 0.15) is 18.9 Å². The number of halogens is 1. The Morgan fingerprint density at radius 1 is 1.20 bits per heavy atom. The predicted octanol–water partition coefficient (Wildman–Crippen LogP) is 4.15. The normalized spacial score (nSPS) is 11.3. The molecule has 0 saturated heterocycles. The molecular formula is C21H20ClN5O2S. The fourth-order valence-corrected chi connectivity index (χ4v) is 4.22. The Labute approximate surface area is 182 Å². The number of nitrogens with one attached hydrogen (secondary N) is 1. The van der Waals surface area contributed by atoms with Crippen molar-refractivity contribution in [1.29, 1.82) is 0 Å². The molecule has 1 N–H and O–H groups in total. The first kappa shape index (κ1) is 20.4. The smallest absolute Gasteiger partial charge is 0.262 e. The summed E-state index contributed by atoms with van der Waals surface area (Å²) in [6, 6.07) is 12.8. The fraction of sp³-hybridized carbons (Fsp3) is 0.238. The van der Waals surface area contributed by atoms with E-state index < -0.39 is 0 Å². The number of thioether (sulfide) groups is 1. The molecule has 2 aromatic heterocycles. The second-order valence-corrected chi connectivity index (χ2v) is 8.27. The quantitative estimate of drug-likeness (QED) is 0.454. The molecule has 0 radical (unpaired) electrons. The van der Waals surface area contributed by atoms with Gasteiger partial charge in [0.25, 0.3) is 5.56 Å². The van der Waals surface area contributed by atoms with E-state index >= 15 is 0 Å². The van der Waals surface area contributed by atoms with Gasteiger partial charge in [0, 0.05) is 17.3 Å². The van der Waals surface area contributed by atoms with Gasteiger partial charge >= 0.3 is 0 Å². The third kappa shape index (κ3) is 3.80. The van der Waals surface area contributed by atoms with E-state index in [2.05, 4.69) is 15.5 Å². The summed E-state index contributed by atoms with van der Waals surface area (Å²) in [5, 5.41) is 12.9. The lowest BCUT2D eigenvalue weighted by molar-refractivity contribution is -0.113. The van der Waals surface area contributed by atoms with Gasteiger partial charge in [-0.25, -0.2) is 0 Å². The van der Waals surface area contributed by atoms with Crippen LogP contribution in [0.4, 0.5) is 5.69 Å². The highest BCUT2D eigenvalue weighted by atomic mass is 35.5. The number of hydrogen-bond donors (Lipinski definition) is 1. The van der Waals surface area contributed by atoms with E-state index in [1.165, 1.54) is 11.8 Å². The first-order chi connectivity index (χ1) is 14.5. The van der Waals surface area contributed by atoms with Gasteiger partial charge in [-0.3, -0.25) is 18.6 Å². The number of hydrogen-bond acceptors (Lipinski definition) is 5. The van der Waals surface area contributed by atoms with Crippen molar-refractivity contribution in [1.82, 2.24) is 19.2 Å². The molecule has 0 atom stereocenters. The van der Waals surface area contributed by atoms with Crippen molar-refractivity contribution in [2.45, 2.75) is 32.0 Å². The summed E-state index contributed by atoms with van der Waals surface area (Å²) < 4.78 is 3.41. The van der Waals surface area contributed by atoms with Gasteiger partial charge in [0.15, 0.2) is 5.16 Å². The third-order valence-electron chi connectivity index (χ3n) is 4.73. The SMILES string of the molecule is CCCn1c(=O)c2cc(Cl)ccc2n2c(SCC(=O)Nc3ccccc3C)nnc12. The Hall–Kier alpha value is -2.84. The van der Waals surface area contributed by atoms with Gasteiger partial charge in [0.1, 0.15) is 0 Å². The lowest BCUT2D eigenvalue weighted by Crippen LogP contribution is -2.23. The van der Waals surface area contributed by atoms with Crippen LogP contribution in [0.5, 0.6) is 0 Å². The molecule has 0 bridgehead atoms. The molecule has 0 unspecified atom stereocenters. The van der Waals surface area contributed by atoms with Gasteiger partial charge in [-0.2, -0.15) is 0 Å². The van der Waals surface area contributed by atoms with Crippen LogP contribution >= 0.6 is 23.4 Å². The maximum absolute atomic E-state index is 12.9. The summed E-state index contributed by atoms with van der Waals surface area (Å²) in [4.78, 5) is 25.4. The molecule has 4 aromatic rings. The number of carbonyl (C=O) groups is 1. The van der Waals surface area contributed by atoms with E-state index in [4.69, 9.17) is 11.6 Å². The number of para-hydroxylation sites is 1. The third-order valence-corrected chi connectivity index (χ3v) is 5.90. The molecule has 2 heterocycles. The average Bonchev–Trinajstić information content (AvgIpc) is 3.15. The number of fused-ring (bicyclic) bond motifs is 3. The predicted molar refractivity (Wildman–Crippen MR) is 121 cm³/mol. The minimum Gasteiger partial charge on any atom is -0.325 e. The van der Waals surface area contributed by atoms with Crippen molar-refractivity contribution in [3.63, 3.8) is 0 Å². The van der Waals surface area contributed by atoms with Gasteiger partial charge in [0.2, 0.25) is 11.7 Å². The van der Waals surface area contributed by atoms with Crippen LogP contribution in [0.15, 0.2) is 52.4 Å². The maximum Gasteiger partial charge on any atom is 0.262 e. The highest BCUT2D eigenvalue weighted by molar-refractivity contribution is 7.99. The van der Waals surface area contributed by atoms with Crippen LogP contribution in [-0.4, -0.2) is 30.8 Å². The minimum atomic E-state index is -0.150. The molecular weight excluding hydrogens is 422 g/mol. The largest absolute Gasteiger partial charge is 0.325 e. The number of amides is 1. The summed E-state index contributed by atoms with van der Waals surface area (Å²) in [5.74, 6) is 0.482. The second kappa shape index (κ2) is 8.49. The Kier molecular flexibility index (Phi) is 5.78. The Balaban J connectivity index is 1.70. The van der Waals surface area contributed by atoms with Gasteiger partial charge in [-0.15, -0.1) is 10.2 Å². The molecule has 1 amide bonds. The number of nitrogens with zero attached hydrogens (tertiary/aromatic N) is 4. The van der Waals surface area contributed by atoms with E-state index in [0.717, 1.165) is 17.7 Å². The van der Waals surface area contributed by atoms with Crippen molar-refractivity contribution in [3.05, 3.63) is 63.4 Å². The molecule has 9 heteroatoms. The zero-order valence-electron chi connectivity index (χ0n) is 16.6. The van der Waals surface area contributed by atoms with Crippen LogP contribution in [-0.2, 0) is 11.3 Å². The van der Waals surface area contributed by atoms with Crippen molar-refractivity contribution in [2.24, 2.45) is 0 Å². The molecule has 0 aliphatic carbocycles. The molecule has 154 valence electrons. The molecule has 0 aliphatic rings. The summed E-state index contributed by atoms with van der Waals surface area (Å²) in [6.45, 7) is 4.45. The molecule has 0 fully saturated rings. The van der Waals surface area contributed by atoms with Gasteiger partial charge in [-0.1, -0.05) is 48.5 Å². The standard InChI is InChI=1S/C21H20ClN5O2S/c1-3-10-26-19(29)15-11-14(22)8-9-17(15)27-20(26)24-25-21(27)30-12-18(28)23-16-7-5-4-6-13(16)2/h4-9,11H,3,10,12H2,1-2H3,(H,23,28). The average molecular weight is 442 g/mol. The number of benzene rings is 2. The van der Waals surface area contributed by atoms with Gasteiger partial charge < -0.3 is 5.32 Å². The Bertz CT molecular complexity index is 1310. The summed E-state index contributed by atoms with van der Waals surface area (Å²) >= 11 is 7.40. The zero-order valence-corrected chi connectivity index (χ0v) is 18.1. The van der Waals surface area contributed by atoms with E-state index in [1.54, 1.807) is 22.8 Å². The summed E-state index contributed by atoms with van der Waals surface area (Å²) in [6.07, 6.45) is 0.774. The van der Waals surface area contributed by atoms with Crippen LogP contribution < -0.4 is 10.9 Å². The van der Waals surface area contributed by atoms with Crippen molar-refractivity contribution in [3.8, 4) is 0 Å². The molecule has 0 spiro atoms. The topological polar surface area (TPSA) is 81.3 Å². The monoisotopic (exact) mass is 441 g/mol. The molecule has 4 rings (SSSR count). The number of aromatic nitrogens is 4. The summed E-state index contributed by atoms with van der Waals surface area (Å²) in [7, 11) is 0. The molecule has 2 aromatic carbocycles. The molecule has 30 heavy (non-hydrogen) atoms. The Morgan fingerprint density at radius 2 is 2.00 bits per heavy atom. The molecule has 7 nitrogen and oxygen atoms in total.